The Labute approximate surface area is 139 Å². The van der Waals surface area contributed by atoms with Gasteiger partial charge in [-0.05, 0) is 33.9 Å². The third kappa shape index (κ3) is 4.34. The zero-order valence-corrected chi connectivity index (χ0v) is 15.1. The van der Waals surface area contributed by atoms with Crippen LogP contribution < -0.4 is 0 Å². The first-order valence-corrected chi connectivity index (χ1v) is 9.59. The summed E-state index contributed by atoms with van der Waals surface area (Å²) in [7, 11) is 0.518. The molecule has 0 aromatic heterocycles. The van der Waals surface area contributed by atoms with Gasteiger partial charge >= 0.3 is 6.09 Å². The number of carbonyl (C=O) groups is 1. The van der Waals surface area contributed by atoms with E-state index >= 15 is 0 Å². The van der Waals surface area contributed by atoms with Crippen LogP contribution in [0.5, 0.6) is 0 Å². The summed E-state index contributed by atoms with van der Waals surface area (Å²) < 4.78 is 33.7. The highest BCUT2D eigenvalue weighted by molar-refractivity contribution is 7.86. The number of nitrogens with zero attached hydrogens (tertiary/aromatic N) is 4. The van der Waals surface area contributed by atoms with Gasteiger partial charge in [-0.1, -0.05) is 0 Å². The Morgan fingerprint density at radius 2 is 1.78 bits per heavy atom. The number of hydrogen-bond acceptors (Lipinski definition) is 5. The van der Waals surface area contributed by atoms with Crippen LogP contribution in [-0.4, -0.2) is 98.9 Å². The van der Waals surface area contributed by atoms with Crippen molar-refractivity contribution in [3.05, 3.63) is 0 Å². The van der Waals surface area contributed by atoms with Gasteiger partial charge in [0.15, 0.2) is 0 Å². The molecule has 9 heteroatoms. The van der Waals surface area contributed by atoms with Crippen molar-refractivity contribution in [2.75, 3.05) is 60.0 Å². The predicted molar refractivity (Wildman–Crippen MR) is 87.4 cm³/mol. The zero-order valence-electron chi connectivity index (χ0n) is 14.3. The molecule has 0 spiro atoms. The fourth-order valence-electron chi connectivity index (χ4n) is 3.03. The van der Waals surface area contributed by atoms with Gasteiger partial charge in [-0.15, -0.1) is 0 Å². The fraction of sp³-hybridized carbons (Fsp3) is 0.929. The van der Waals surface area contributed by atoms with Crippen LogP contribution >= 0.6 is 0 Å². The zero-order chi connectivity index (χ0) is 17.0. The maximum absolute atomic E-state index is 12.8. The number of hydrogen-bond donors (Lipinski definition) is 0. The Kier molecular flexibility index (Phi) is 6.24. The minimum absolute atomic E-state index is 0.263. The minimum atomic E-state index is -3.45. The molecule has 0 aromatic rings. The lowest BCUT2D eigenvalue weighted by atomic mass is 10.1. The van der Waals surface area contributed by atoms with E-state index in [1.807, 2.05) is 14.1 Å². The lowest BCUT2D eigenvalue weighted by molar-refractivity contribution is 0.0916. The normalized spacial score (nSPS) is 24.9. The Morgan fingerprint density at radius 1 is 1.13 bits per heavy atom. The number of piperazine rings is 1. The molecule has 8 nitrogen and oxygen atoms in total. The topological polar surface area (TPSA) is 73.4 Å². The number of rotatable bonds is 4. The second-order valence-corrected chi connectivity index (χ2v) is 8.14. The van der Waals surface area contributed by atoms with Crippen LogP contribution in [0.3, 0.4) is 0 Å². The Bertz CT molecular complexity index is 503. The van der Waals surface area contributed by atoms with Crippen LogP contribution in [0.25, 0.3) is 0 Å². The smallest absolute Gasteiger partial charge is 0.409 e. The fourth-order valence-corrected chi connectivity index (χ4v) is 4.70. The summed E-state index contributed by atoms with van der Waals surface area (Å²) >= 11 is 0. The summed E-state index contributed by atoms with van der Waals surface area (Å²) in [6.45, 7) is 4.60. The monoisotopic (exact) mass is 348 g/mol. The van der Waals surface area contributed by atoms with Crippen LogP contribution in [0.2, 0.25) is 0 Å². The van der Waals surface area contributed by atoms with Crippen molar-refractivity contribution in [2.24, 2.45) is 0 Å². The van der Waals surface area contributed by atoms with Gasteiger partial charge in [0.25, 0.3) is 10.2 Å². The summed E-state index contributed by atoms with van der Waals surface area (Å²) in [5, 5.41) is 0. The Balaban J connectivity index is 1.95. The van der Waals surface area contributed by atoms with Crippen LogP contribution in [0.1, 0.15) is 19.8 Å². The highest BCUT2D eigenvalue weighted by Crippen LogP contribution is 2.20. The molecule has 0 radical (unpaired) electrons. The summed E-state index contributed by atoms with van der Waals surface area (Å²) in [4.78, 5) is 15.3. The van der Waals surface area contributed by atoms with Crippen LogP contribution in [0, 0.1) is 0 Å². The average molecular weight is 348 g/mol. The van der Waals surface area contributed by atoms with E-state index in [9.17, 15) is 13.2 Å². The van der Waals surface area contributed by atoms with E-state index in [0.29, 0.717) is 45.9 Å². The van der Waals surface area contributed by atoms with Gasteiger partial charge in [0.05, 0.1) is 6.61 Å². The number of ether oxygens (including phenoxy) is 1. The van der Waals surface area contributed by atoms with Gasteiger partial charge in [-0.2, -0.15) is 17.0 Å². The van der Waals surface area contributed by atoms with E-state index in [2.05, 4.69) is 4.90 Å². The molecule has 2 heterocycles. The molecular formula is C14H28N4O4S. The first-order chi connectivity index (χ1) is 10.9. The summed E-state index contributed by atoms with van der Waals surface area (Å²) in [5.74, 6) is 0. The van der Waals surface area contributed by atoms with E-state index < -0.39 is 10.2 Å². The maximum Gasteiger partial charge on any atom is 0.409 e. The number of amides is 1. The molecule has 0 bridgehead atoms. The molecule has 2 saturated heterocycles. The van der Waals surface area contributed by atoms with Crippen LogP contribution in [0.15, 0.2) is 0 Å². The van der Waals surface area contributed by atoms with Gasteiger partial charge in [0, 0.05) is 45.3 Å². The van der Waals surface area contributed by atoms with E-state index in [4.69, 9.17) is 4.74 Å². The van der Waals surface area contributed by atoms with E-state index in [-0.39, 0.29) is 12.1 Å². The lowest BCUT2D eigenvalue weighted by Gasteiger charge is -2.40. The van der Waals surface area contributed by atoms with Crippen molar-refractivity contribution >= 4 is 16.3 Å². The van der Waals surface area contributed by atoms with Gasteiger partial charge in [0.1, 0.15) is 0 Å². The van der Waals surface area contributed by atoms with Gasteiger partial charge < -0.3 is 14.5 Å². The van der Waals surface area contributed by atoms with Gasteiger partial charge in [0.2, 0.25) is 0 Å². The first-order valence-electron chi connectivity index (χ1n) is 8.19. The maximum atomic E-state index is 12.8. The molecule has 23 heavy (non-hydrogen) atoms. The molecular weight excluding hydrogens is 320 g/mol. The molecule has 0 saturated carbocycles. The second-order valence-electron chi connectivity index (χ2n) is 6.21. The van der Waals surface area contributed by atoms with Crippen molar-refractivity contribution in [3.63, 3.8) is 0 Å². The predicted octanol–water partition coefficient (Wildman–Crippen LogP) is 0.0313. The highest BCUT2D eigenvalue weighted by Gasteiger charge is 2.36. The molecule has 0 aliphatic carbocycles. The average Bonchev–Trinajstić information content (AvgIpc) is 2.55. The Hall–Kier alpha value is -0.900. The van der Waals surface area contributed by atoms with Crippen molar-refractivity contribution < 1.29 is 17.9 Å². The van der Waals surface area contributed by atoms with Crippen LogP contribution in [0.4, 0.5) is 4.79 Å². The molecule has 2 rings (SSSR count). The van der Waals surface area contributed by atoms with Crippen molar-refractivity contribution in [1.29, 1.82) is 0 Å². The summed E-state index contributed by atoms with van der Waals surface area (Å²) in [6.07, 6.45) is 1.54. The largest absolute Gasteiger partial charge is 0.450 e. The molecule has 1 atom stereocenters. The third-order valence-electron chi connectivity index (χ3n) is 4.51. The number of likely N-dealkylation sites (N-methyl/N-ethyl adjacent to an activating group) is 1. The van der Waals surface area contributed by atoms with Crippen molar-refractivity contribution in [2.45, 2.75) is 25.8 Å². The molecule has 2 fully saturated rings. The van der Waals surface area contributed by atoms with Crippen molar-refractivity contribution in [3.8, 4) is 0 Å². The van der Waals surface area contributed by atoms with Crippen molar-refractivity contribution in [1.82, 2.24) is 18.4 Å². The summed E-state index contributed by atoms with van der Waals surface area (Å²) in [5.41, 5.74) is 0. The highest BCUT2D eigenvalue weighted by atomic mass is 32.2. The number of carbonyl (C=O) groups excluding carboxylic acids is 1. The van der Waals surface area contributed by atoms with E-state index in [1.165, 1.54) is 4.31 Å². The first kappa shape index (κ1) is 18.4. The van der Waals surface area contributed by atoms with Gasteiger partial charge in [-0.3, -0.25) is 0 Å². The standard InChI is InChI=1S/C14H28N4O4S/c1-4-22-14(19)16-8-10-17(11-9-16)23(20,21)18-7-5-6-13(12-18)15(2)3/h13H,4-12H2,1-3H3/t13-/m1/s1. The SMILES string of the molecule is CCOC(=O)N1CCN(S(=O)(=O)N2CCC[C@@H](N(C)C)C2)CC1. The third-order valence-corrected chi connectivity index (χ3v) is 6.51. The molecule has 0 unspecified atom stereocenters. The van der Waals surface area contributed by atoms with E-state index in [1.54, 1.807) is 16.1 Å². The quantitative estimate of drug-likeness (QED) is 0.717. The summed E-state index contributed by atoms with van der Waals surface area (Å²) in [6, 6.07) is 0.263. The lowest BCUT2D eigenvalue weighted by Crippen LogP contribution is -2.57. The minimum Gasteiger partial charge on any atom is -0.450 e. The van der Waals surface area contributed by atoms with Crippen LogP contribution in [-0.2, 0) is 14.9 Å². The molecule has 2 aliphatic heterocycles. The second kappa shape index (κ2) is 7.78. The molecule has 2 aliphatic rings. The Morgan fingerprint density at radius 3 is 2.35 bits per heavy atom. The number of piperidine rings is 1. The molecule has 0 aromatic carbocycles. The van der Waals surface area contributed by atoms with E-state index in [0.717, 1.165) is 12.8 Å². The molecule has 0 N–H and O–H groups in total. The molecule has 1 amide bonds. The van der Waals surface area contributed by atoms with Gasteiger partial charge in [-0.25, -0.2) is 4.79 Å². The molecule has 134 valence electrons.